The second-order valence-electron chi connectivity index (χ2n) is 6.25. The van der Waals surface area contributed by atoms with E-state index in [1.807, 2.05) is 0 Å². The summed E-state index contributed by atoms with van der Waals surface area (Å²) in [6.45, 7) is 1.09. The van der Waals surface area contributed by atoms with Crippen molar-refractivity contribution in [1.29, 1.82) is 0 Å². The van der Waals surface area contributed by atoms with Gasteiger partial charge in [-0.2, -0.15) is 0 Å². The van der Waals surface area contributed by atoms with Crippen LogP contribution in [0.15, 0.2) is 0 Å². The Morgan fingerprint density at radius 2 is 1.60 bits per heavy atom. The van der Waals surface area contributed by atoms with Gasteiger partial charge >= 0.3 is 0 Å². The van der Waals surface area contributed by atoms with Gasteiger partial charge < -0.3 is 5.32 Å². The highest BCUT2D eigenvalue weighted by Gasteiger charge is 2.68. The van der Waals surface area contributed by atoms with Gasteiger partial charge in [-0.1, -0.05) is 25.7 Å². The Morgan fingerprint density at radius 3 is 2.13 bits per heavy atom. The van der Waals surface area contributed by atoms with Crippen LogP contribution < -0.4 is 5.32 Å². The van der Waals surface area contributed by atoms with Crippen LogP contribution >= 0.6 is 0 Å². The largest absolute Gasteiger partial charge is 0.313 e. The van der Waals surface area contributed by atoms with Crippen molar-refractivity contribution in [3.05, 3.63) is 0 Å². The molecule has 0 aromatic rings. The zero-order valence-electron chi connectivity index (χ0n) is 9.53. The van der Waals surface area contributed by atoms with Gasteiger partial charge in [0.1, 0.15) is 5.67 Å². The lowest BCUT2D eigenvalue weighted by molar-refractivity contribution is -0.210. The minimum atomic E-state index is -0.717. The maximum absolute atomic E-state index is 13.3. The molecule has 0 aromatic carbocycles. The normalized spacial score (nSPS) is 45.4. The average molecular weight is 211 g/mol. The molecular formula is C13H22FN. The molecule has 4 fully saturated rings. The SMILES string of the molecule is FC12CC(CNC3CCCCCC3)(C1)C2. The molecule has 0 saturated heterocycles. The first kappa shape index (κ1) is 10.1. The molecule has 4 aliphatic carbocycles. The van der Waals surface area contributed by atoms with Crippen molar-refractivity contribution in [2.75, 3.05) is 6.54 Å². The number of hydrogen-bond acceptors (Lipinski definition) is 1. The Hall–Kier alpha value is -0.110. The Bertz CT molecular complexity index is 223. The quantitative estimate of drug-likeness (QED) is 0.707. The third kappa shape index (κ3) is 1.82. The van der Waals surface area contributed by atoms with Crippen LogP contribution in [0.3, 0.4) is 0 Å². The van der Waals surface area contributed by atoms with E-state index >= 15 is 0 Å². The summed E-state index contributed by atoms with van der Waals surface area (Å²) in [5.74, 6) is 0. The van der Waals surface area contributed by atoms with Crippen molar-refractivity contribution in [2.24, 2.45) is 5.41 Å². The van der Waals surface area contributed by atoms with E-state index in [4.69, 9.17) is 0 Å². The number of hydrogen-bond donors (Lipinski definition) is 1. The summed E-state index contributed by atoms with van der Waals surface area (Å²) in [7, 11) is 0. The van der Waals surface area contributed by atoms with E-state index in [2.05, 4.69) is 5.32 Å². The Morgan fingerprint density at radius 1 is 1.00 bits per heavy atom. The van der Waals surface area contributed by atoms with Gasteiger partial charge in [0.2, 0.25) is 0 Å². The molecular weight excluding hydrogens is 189 g/mol. The van der Waals surface area contributed by atoms with Gasteiger partial charge in [-0.3, -0.25) is 0 Å². The first-order chi connectivity index (χ1) is 7.20. The lowest BCUT2D eigenvalue weighted by Gasteiger charge is -2.66. The lowest BCUT2D eigenvalue weighted by Crippen LogP contribution is -2.68. The molecule has 0 radical (unpaired) electrons. The molecule has 1 nitrogen and oxygen atoms in total. The molecule has 15 heavy (non-hydrogen) atoms. The first-order valence-corrected chi connectivity index (χ1v) is 6.62. The monoisotopic (exact) mass is 211 g/mol. The van der Waals surface area contributed by atoms with E-state index < -0.39 is 5.67 Å². The maximum atomic E-state index is 13.3. The molecule has 4 rings (SSSR count). The topological polar surface area (TPSA) is 12.0 Å². The fourth-order valence-corrected chi connectivity index (χ4v) is 3.89. The van der Waals surface area contributed by atoms with E-state index in [1.165, 1.54) is 38.5 Å². The second-order valence-corrected chi connectivity index (χ2v) is 6.25. The smallest absolute Gasteiger partial charge is 0.112 e. The summed E-state index contributed by atoms with van der Waals surface area (Å²) in [6, 6.07) is 0.733. The predicted octanol–water partition coefficient (Wildman–Crippen LogP) is 3.19. The summed E-state index contributed by atoms with van der Waals surface area (Å²) in [5.41, 5.74) is -0.327. The standard InChI is InChI=1S/C13H22FN/c14-13-7-12(8-13,9-13)10-15-11-5-3-1-2-4-6-11/h11,15H,1-10H2. The summed E-state index contributed by atoms with van der Waals surface area (Å²) in [6.07, 6.45) is 10.8. The molecule has 0 atom stereocenters. The molecule has 86 valence electrons. The van der Waals surface area contributed by atoms with Gasteiger partial charge in [-0.05, 0) is 37.5 Å². The highest BCUT2D eigenvalue weighted by molar-refractivity contribution is 5.19. The summed E-state index contributed by atoms with van der Waals surface area (Å²) in [5, 5.41) is 3.69. The van der Waals surface area contributed by atoms with Crippen molar-refractivity contribution in [2.45, 2.75) is 69.5 Å². The van der Waals surface area contributed by atoms with Crippen molar-refractivity contribution in [1.82, 2.24) is 5.32 Å². The molecule has 1 N–H and O–H groups in total. The highest BCUT2D eigenvalue weighted by atomic mass is 19.1. The van der Waals surface area contributed by atoms with E-state index in [0.29, 0.717) is 5.41 Å². The minimum Gasteiger partial charge on any atom is -0.313 e. The van der Waals surface area contributed by atoms with Crippen LogP contribution in [0.5, 0.6) is 0 Å². The fraction of sp³-hybridized carbons (Fsp3) is 1.00. The van der Waals surface area contributed by atoms with Crippen molar-refractivity contribution < 1.29 is 4.39 Å². The zero-order valence-corrected chi connectivity index (χ0v) is 9.53. The average Bonchev–Trinajstić information content (AvgIpc) is 2.37. The first-order valence-electron chi connectivity index (χ1n) is 6.62. The van der Waals surface area contributed by atoms with Crippen LogP contribution in [-0.4, -0.2) is 18.3 Å². The third-order valence-corrected chi connectivity index (χ3v) is 4.70. The van der Waals surface area contributed by atoms with E-state index in [-0.39, 0.29) is 0 Å². The molecule has 0 heterocycles. The fourth-order valence-electron chi connectivity index (χ4n) is 3.89. The Labute approximate surface area is 91.8 Å². The number of rotatable bonds is 3. The molecule has 4 saturated carbocycles. The maximum Gasteiger partial charge on any atom is 0.112 e. The van der Waals surface area contributed by atoms with Gasteiger partial charge in [0.25, 0.3) is 0 Å². The zero-order chi connectivity index (χ0) is 10.4. The molecule has 2 bridgehead atoms. The molecule has 2 heteroatoms. The van der Waals surface area contributed by atoms with Gasteiger partial charge in [0, 0.05) is 12.6 Å². The third-order valence-electron chi connectivity index (χ3n) is 4.70. The van der Waals surface area contributed by atoms with Crippen LogP contribution in [0.2, 0.25) is 0 Å². The van der Waals surface area contributed by atoms with Crippen LogP contribution in [0.25, 0.3) is 0 Å². The molecule has 0 unspecified atom stereocenters. The van der Waals surface area contributed by atoms with E-state index in [0.717, 1.165) is 31.8 Å². The van der Waals surface area contributed by atoms with Crippen LogP contribution in [0, 0.1) is 5.41 Å². The molecule has 0 aliphatic heterocycles. The van der Waals surface area contributed by atoms with Gasteiger partial charge in [0.15, 0.2) is 0 Å². The molecule has 4 aliphatic rings. The van der Waals surface area contributed by atoms with Crippen LogP contribution in [0.1, 0.15) is 57.8 Å². The van der Waals surface area contributed by atoms with Crippen molar-refractivity contribution in [3.63, 3.8) is 0 Å². The van der Waals surface area contributed by atoms with E-state index in [1.54, 1.807) is 0 Å². The molecule has 0 spiro atoms. The molecule has 0 aromatic heterocycles. The minimum absolute atomic E-state index is 0.390. The summed E-state index contributed by atoms with van der Waals surface area (Å²) in [4.78, 5) is 0. The van der Waals surface area contributed by atoms with Crippen molar-refractivity contribution >= 4 is 0 Å². The van der Waals surface area contributed by atoms with Gasteiger partial charge in [0.05, 0.1) is 0 Å². The number of halogens is 1. The van der Waals surface area contributed by atoms with Gasteiger partial charge in [-0.25, -0.2) is 4.39 Å². The number of alkyl halides is 1. The van der Waals surface area contributed by atoms with Gasteiger partial charge in [-0.15, -0.1) is 0 Å². The summed E-state index contributed by atoms with van der Waals surface area (Å²) >= 11 is 0. The second kappa shape index (κ2) is 3.44. The van der Waals surface area contributed by atoms with Crippen LogP contribution in [0.4, 0.5) is 4.39 Å². The van der Waals surface area contributed by atoms with Crippen LogP contribution in [-0.2, 0) is 0 Å². The predicted molar refractivity (Wildman–Crippen MR) is 59.6 cm³/mol. The molecule has 0 amide bonds. The highest BCUT2D eigenvalue weighted by Crippen LogP contribution is 2.69. The Balaban J connectivity index is 1.42. The Kier molecular flexibility index (Phi) is 2.31. The van der Waals surface area contributed by atoms with Crippen molar-refractivity contribution in [3.8, 4) is 0 Å². The summed E-state index contributed by atoms with van der Waals surface area (Å²) < 4.78 is 13.3. The number of nitrogens with one attached hydrogen (secondary N) is 1. The van der Waals surface area contributed by atoms with E-state index in [9.17, 15) is 4.39 Å². The lowest BCUT2D eigenvalue weighted by atomic mass is 9.42.